The second-order valence-electron chi connectivity index (χ2n) is 4.33. The van der Waals surface area contributed by atoms with Gasteiger partial charge in [-0.25, -0.2) is 0 Å². The van der Waals surface area contributed by atoms with Crippen molar-refractivity contribution in [1.82, 2.24) is 0 Å². The van der Waals surface area contributed by atoms with Crippen LogP contribution in [0.2, 0.25) is 0 Å². The van der Waals surface area contributed by atoms with Gasteiger partial charge in [-0.1, -0.05) is 0 Å². The van der Waals surface area contributed by atoms with E-state index in [1.54, 1.807) is 24.5 Å². The Kier molecular flexibility index (Phi) is 4.00. The zero-order chi connectivity index (χ0) is 14.8. The number of benzene rings is 1. The largest absolute Gasteiger partial charge is 0.417 e. The van der Waals surface area contributed by atoms with E-state index < -0.39 is 11.7 Å². The minimum Gasteiger partial charge on any atom is -0.370 e. The van der Waals surface area contributed by atoms with Crippen molar-refractivity contribution in [2.24, 2.45) is 0 Å². The fourth-order valence-electron chi connectivity index (χ4n) is 1.86. The Hall–Kier alpha value is -2.00. The van der Waals surface area contributed by atoms with Crippen molar-refractivity contribution in [3.05, 3.63) is 51.7 Å². The number of nitriles is 1. The maximum atomic E-state index is 12.7. The number of hydrogen-bond donors (Lipinski definition) is 0. The standard InChI is InChI=1S/C14H11F3N2S/c1-19(8-10-4-5-20-9-10)12-2-3-13(14(15,16)17)11(6-12)7-18/h2-6,9H,8H2,1H3. The Morgan fingerprint density at radius 1 is 1.30 bits per heavy atom. The second kappa shape index (κ2) is 5.55. The highest BCUT2D eigenvalue weighted by molar-refractivity contribution is 7.07. The molecule has 0 saturated heterocycles. The molecule has 104 valence electrons. The quantitative estimate of drug-likeness (QED) is 0.845. The van der Waals surface area contributed by atoms with Crippen LogP contribution in [0.3, 0.4) is 0 Å². The molecule has 0 amide bonds. The van der Waals surface area contributed by atoms with Crippen LogP contribution in [-0.4, -0.2) is 7.05 Å². The van der Waals surface area contributed by atoms with Gasteiger partial charge >= 0.3 is 6.18 Å². The lowest BCUT2D eigenvalue weighted by molar-refractivity contribution is -0.137. The lowest BCUT2D eigenvalue weighted by atomic mass is 10.1. The Morgan fingerprint density at radius 3 is 2.60 bits per heavy atom. The molecule has 0 aliphatic carbocycles. The molecule has 0 radical (unpaired) electrons. The lowest BCUT2D eigenvalue weighted by Crippen LogP contribution is -2.17. The van der Waals surface area contributed by atoms with Crippen molar-refractivity contribution in [1.29, 1.82) is 5.26 Å². The molecule has 0 spiro atoms. The van der Waals surface area contributed by atoms with E-state index in [1.807, 2.05) is 21.7 Å². The SMILES string of the molecule is CN(Cc1ccsc1)c1ccc(C(F)(F)F)c(C#N)c1. The van der Waals surface area contributed by atoms with Crippen LogP contribution in [0, 0.1) is 11.3 Å². The highest BCUT2D eigenvalue weighted by atomic mass is 32.1. The summed E-state index contributed by atoms with van der Waals surface area (Å²) in [7, 11) is 1.78. The smallest absolute Gasteiger partial charge is 0.370 e. The number of hydrogen-bond acceptors (Lipinski definition) is 3. The molecule has 0 fully saturated rings. The molecule has 1 aromatic carbocycles. The van der Waals surface area contributed by atoms with E-state index in [0.717, 1.165) is 11.6 Å². The summed E-state index contributed by atoms with van der Waals surface area (Å²) in [5, 5.41) is 12.8. The van der Waals surface area contributed by atoms with E-state index in [-0.39, 0.29) is 5.56 Å². The molecule has 2 aromatic rings. The van der Waals surface area contributed by atoms with Crippen LogP contribution in [0.4, 0.5) is 18.9 Å². The van der Waals surface area contributed by atoms with Gasteiger partial charge in [-0.05, 0) is 40.6 Å². The maximum Gasteiger partial charge on any atom is 0.417 e. The predicted octanol–water partition coefficient (Wildman–Crippen LogP) is 4.27. The van der Waals surface area contributed by atoms with Crippen LogP contribution in [0.25, 0.3) is 0 Å². The van der Waals surface area contributed by atoms with Gasteiger partial charge in [-0.3, -0.25) is 0 Å². The minimum absolute atomic E-state index is 0.354. The number of halogens is 3. The number of rotatable bonds is 3. The first kappa shape index (κ1) is 14.4. The van der Waals surface area contributed by atoms with Crippen LogP contribution < -0.4 is 4.90 Å². The van der Waals surface area contributed by atoms with Gasteiger partial charge < -0.3 is 4.90 Å². The van der Waals surface area contributed by atoms with Crippen LogP contribution in [0.15, 0.2) is 35.0 Å². The second-order valence-corrected chi connectivity index (χ2v) is 5.11. The minimum atomic E-state index is -4.50. The van der Waals surface area contributed by atoms with E-state index in [4.69, 9.17) is 5.26 Å². The molecular weight excluding hydrogens is 285 g/mol. The topological polar surface area (TPSA) is 27.0 Å². The molecule has 2 rings (SSSR count). The molecule has 1 aromatic heterocycles. The molecule has 0 atom stereocenters. The summed E-state index contributed by atoms with van der Waals surface area (Å²) in [5.41, 5.74) is 0.413. The molecule has 0 N–H and O–H groups in total. The van der Waals surface area contributed by atoms with Crippen LogP contribution in [0.1, 0.15) is 16.7 Å². The van der Waals surface area contributed by atoms with Gasteiger partial charge in [0, 0.05) is 19.3 Å². The van der Waals surface area contributed by atoms with E-state index in [2.05, 4.69) is 0 Å². The highest BCUT2D eigenvalue weighted by Crippen LogP contribution is 2.33. The Balaban J connectivity index is 2.28. The summed E-state index contributed by atoms with van der Waals surface area (Å²) in [6.07, 6.45) is -4.50. The average molecular weight is 296 g/mol. The van der Waals surface area contributed by atoms with E-state index in [9.17, 15) is 13.2 Å². The van der Waals surface area contributed by atoms with Crippen molar-refractivity contribution in [2.75, 3.05) is 11.9 Å². The summed E-state index contributed by atoms with van der Waals surface area (Å²) in [6.45, 7) is 0.583. The van der Waals surface area contributed by atoms with Crippen LogP contribution >= 0.6 is 11.3 Å². The van der Waals surface area contributed by atoms with Crippen LogP contribution in [0.5, 0.6) is 0 Å². The van der Waals surface area contributed by atoms with E-state index in [1.165, 1.54) is 12.1 Å². The molecule has 6 heteroatoms. The number of alkyl halides is 3. The highest BCUT2D eigenvalue weighted by Gasteiger charge is 2.33. The summed E-state index contributed by atoms with van der Waals surface area (Å²) < 4.78 is 38.1. The van der Waals surface area contributed by atoms with E-state index in [0.29, 0.717) is 12.2 Å². The first-order chi connectivity index (χ1) is 9.41. The summed E-state index contributed by atoms with van der Waals surface area (Å²) in [4.78, 5) is 1.81. The first-order valence-electron chi connectivity index (χ1n) is 5.75. The zero-order valence-corrected chi connectivity index (χ0v) is 11.4. The predicted molar refractivity (Wildman–Crippen MR) is 72.6 cm³/mol. The molecule has 0 saturated carbocycles. The zero-order valence-electron chi connectivity index (χ0n) is 10.6. The fourth-order valence-corrected chi connectivity index (χ4v) is 2.52. The van der Waals surface area contributed by atoms with Gasteiger partial charge in [-0.2, -0.15) is 29.8 Å². The molecule has 0 aliphatic heterocycles. The van der Waals surface area contributed by atoms with Crippen molar-refractivity contribution in [2.45, 2.75) is 12.7 Å². The van der Waals surface area contributed by atoms with E-state index >= 15 is 0 Å². The summed E-state index contributed by atoms with van der Waals surface area (Å²) in [5.74, 6) is 0. The number of anilines is 1. The molecule has 20 heavy (non-hydrogen) atoms. The lowest BCUT2D eigenvalue weighted by Gasteiger charge is -2.20. The normalized spacial score (nSPS) is 11.2. The number of nitrogens with zero attached hydrogens (tertiary/aromatic N) is 2. The van der Waals surface area contributed by atoms with Gasteiger partial charge in [0.05, 0.1) is 17.2 Å². The van der Waals surface area contributed by atoms with Crippen molar-refractivity contribution >= 4 is 17.0 Å². The third-order valence-electron chi connectivity index (χ3n) is 2.87. The molecule has 1 heterocycles. The Labute approximate surface area is 118 Å². The van der Waals surface area contributed by atoms with Crippen molar-refractivity contribution < 1.29 is 13.2 Å². The molecule has 0 unspecified atom stereocenters. The van der Waals surface area contributed by atoms with Gasteiger partial charge in [-0.15, -0.1) is 0 Å². The Morgan fingerprint density at radius 2 is 2.05 bits per heavy atom. The molecule has 0 bridgehead atoms. The van der Waals surface area contributed by atoms with Gasteiger partial charge in [0.2, 0.25) is 0 Å². The third kappa shape index (κ3) is 3.11. The van der Waals surface area contributed by atoms with Crippen LogP contribution in [-0.2, 0) is 12.7 Å². The summed E-state index contributed by atoms with van der Waals surface area (Å²) in [6, 6.07) is 7.18. The Bertz CT molecular complexity index is 627. The first-order valence-corrected chi connectivity index (χ1v) is 6.69. The van der Waals surface area contributed by atoms with Crippen molar-refractivity contribution in [3.63, 3.8) is 0 Å². The molecule has 2 nitrogen and oxygen atoms in total. The third-order valence-corrected chi connectivity index (χ3v) is 3.60. The molecule has 0 aliphatic rings. The fraction of sp³-hybridized carbons (Fsp3) is 0.214. The monoisotopic (exact) mass is 296 g/mol. The van der Waals surface area contributed by atoms with Gasteiger partial charge in [0.1, 0.15) is 0 Å². The van der Waals surface area contributed by atoms with Gasteiger partial charge in [0.15, 0.2) is 0 Å². The number of thiophene rings is 1. The molecular formula is C14H11F3N2S. The average Bonchev–Trinajstić information content (AvgIpc) is 2.89. The maximum absolute atomic E-state index is 12.7. The van der Waals surface area contributed by atoms with Crippen molar-refractivity contribution in [3.8, 4) is 6.07 Å². The summed E-state index contributed by atoms with van der Waals surface area (Å²) >= 11 is 1.56. The van der Waals surface area contributed by atoms with Gasteiger partial charge in [0.25, 0.3) is 0 Å².